The van der Waals surface area contributed by atoms with Gasteiger partial charge in [-0.1, -0.05) is 6.07 Å². The second kappa shape index (κ2) is 10.9. The maximum atomic E-state index is 13.8. The first-order valence-electron chi connectivity index (χ1n) is 12.4. The van der Waals surface area contributed by atoms with E-state index in [1.807, 2.05) is 18.3 Å². The summed E-state index contributed by atoms with van der Waals surface area (Å²) in [7, 11) is 3.51. The van der Waals surface area contributed by atoms with E-state index in [9.17, 15) is 29.7 Å². The van der Waals surface area contributed by atoms with Crippen molar-refractivity contribution in [2.24, 2.45) is 23.5 Å². The van der Waals surface area contributed by atoms with E-state index in [-0.39, 0.29) is 29.3 Å². The number of aliphatic hydroxyl groups is 2. The number of aromatic amines is 1. The molecule has 0 saturated heterocycles. The van der Waals surface area contributed by atoms with Gasteiger partial charge in [0, 0.05) is 36.6 Å². The molecule has 0 aliphatic heterocycles. The molecule has 2 aromatic rings. The molecule has 1 unspecified atom stereocenters. The fourth-order valence-corrected chi connectivity index (χ4v) is 5.90. The van der Waals surface area contributed by atoms with Gasteiger partial charge in [-0.25, -0.2) is 0 Å². The number of fused-ring (bicyclic) bond motifs is 2. The highest BCUT2D eigenvalue weighted by atomic mass is 16.3. The highest BCUT2D eigenvalue weighted by Gasteiger charge is 2.50. The number of amides is 1. The molecule has 2 aliphatic carbocycles. The largest absolute Gasteiger partial charge is 0.507 e. The van der Waals surface area contributed by atoms with Gasteiger partial charge in [-0.15, -0.1) is 0 Å². The number of ketones is 2. The molecule has 1 fully saturated rings. The van der Waals surface area contributed by atoms with E-state index in [0.717, 1.165) is 16.8 Å². The Morgan fingerprint density at radius 2 is 1.97 bits per heavy atom. The van der Waals surface area contributed by atoms with Crippen LogP contribution >= 0.6 is 0 Å². The number of likely N-dealkylation sites (N-methyl/N-ethyl adjacent to an activating group) is 1. The number of benzene rings is 1. The fourth-order valence-electron chi connectivity index (χ4n) is 5.90. The number of primary amides is 1. The number of carbonyl (C=O) groups excluding carboxylic acids is 3. The van der Waals surface area contributed by atoms with E-state index in [2.05, 4.69) is 10.3 Å². The third-order valence-corrected chi connectivity index (χ3v) is 7.60. The lowest BCUT2D eigenvalue weighted by Gasteiger charge is -2.43. The highest BCUT2D eigenvalue weighted by molar-refractivity contribution is 6.17. The molecule has 0 bridgehead atoms. The average Bonchev–Trinajstić information content (AvgIpc) is 3.33. The van der Waals surface area contributed by atoms with E-state index >= 15 is 0 Å². The van der Waals surface area contributed by atoms with Crippen LogP contribution in [0.4, 0.5) is 0 Å². The van der Waals surface area contributed by atoms with E-state index in [4.69, 9.17) is 5.73 Å². The molecule has 1 heterocycles. The number of phenols is 1. The Kier molecular flexibility index (Phi) is 7.82. The van der Waals surface area contributed by atoms with Crippen LogP contribution in [-0.4, -0.2) is 69.4 Å². The average molecular weight is 511 g/mol. The monoisotopic (exact) mass is 510 g/mol. The lowest BCUT2D eigenvalue weighted by molar-refractivity contribution is -0.138. The summed E-state index contributed by atoms with van der Waals surface area (Å²) in [5.41, 5.74) is 8.19. The standard InChI is InChI=1S/C27H34N4O6/c1-31(2)19(13-32)18-9-15-8-17-14(11-29-12-16-4-3-7-30-16)5-6-20(33)24(17)26(36)23(15)27(37)25(18)21(34)10-22(28)35/h3-7,15,18-19,25,29-30,32-33,36H,8-13H2,1-2H3,(H2,28,35)/t15-,18-,19+,25?/m0/s1. The molecule has 0 radical (unpaired) electrons. The number of Topliss-reactive ketones (excluding diaryl/α,β-unsaturated/α-hetero) is 2. The number of nitrogens with one attached hydrogen (secondary N) is 2. The van der Waals surface area contributed by atoms with Gasteiger partial charge < -0.3 is 36.3 Å². The minimum absolute atomic E-state index is 0.0915. The predicted molar refractivity (Wildman–Crippen MR) is 136 cm³/mol. The number of aromatic hydroxyl groups is 1. The molecule has 4 atom stereocenters. The number of hydrogen-bond acceptors (Lipinski definition) is 8. The molecule has 1 aromatic heterocycles. The van der Waals surface area contributed by atoms with Crippen molar-refractivity contribution in [3.63, 3.8) is 0 Å². The summed E-state index contributed by atoms with van der Waals surface area (Å²) in [5.74, 6) is -4.75. The van der Waals surface area contributed by atoms with Crippen molar-refractivity contribution in [1.82, 2.24) is 15.2 Å². The zero-order valence-electron chi connectivity index (χ0n) is 21.0. The maximum Gasteiger partial charge on any atom is 0.224 e. The minimum Gasteiger partial charge on any atom is -0.507 e. The van der Waals surface area contributed by atoms with Gasteiger partial charge in [0.05, 0.1) is 24.5 Å². The molecule has 1 amide bonds. The molecule has 7 N–H and O–H groups in total. The first-order chi connectivity index (χ1) is 17.6. The van der Waals surface area contributed by atoms with Crippen LogP contribution in [0, 0.1) is 17.8 Å². The fraction of sp³-hybridized carbons (Fsp3) is 0.444. The van der Waals surface area contributed by atoms with Crippen LogP contribution in [0.2, 0.25) is 0 Å². The summed E-state index contributed by atoms with van der Waals surface area (Å²) in [6.45, 7) is 0.795. The van der Waals surface area contributed by atoms with E-state index < -0.39 is 47.7 Å². The van der Waals surface area contributed by atoms with Gasteiger partial charge in [-0.05, 0) is 68.1 Å². The van der Waals surface area contributed by atoms with Gasteiger partial charge in [0.25, 0.3) is 0 Å². The maximum absolute atomic E-state index is 13.8. The Bertz CT molecular complexity index is 1220. The summed E-state index contributed by atoms with van der Waals surface area (Å²) in [6, 6.07) is 6.65. The molecule has 2 aliphatic rings. The van der Waals surface area contributed by atoms with Crippen molar-refractivity contribution in [3.8, 4) is 5.75 Å². The molecule has 10 heteroatoms. The van der Waals surface area contributed by atoms with Crippen LogP contribution in [0.1, 0.15) is 35.2 Å². The summed E-state index contributed by atoms with van der Waals surface area (Å²) >= 11 is 0. The molecular formula is C27H34N4O6. The van der Waals surface area contributed by atoms with Crippen LogP contribution in [0.15, 0.2) is 36.0 Å². The SMILES string of the molecule is CN(C)[C@H](CO)[C@@H]1C[C@@H]2Cc3c(CNCc4ccc[nH]4)ccc(O)c3C(O)=C2C(=O)C1C(=O)CC(N)=O. The van der Waals surface area contributed by atoms with E-state index in [1.54, 1.807) is 25.1 Å². The molecular weight excluding hydrogens is 476 g/mol. The van der Waals surface area contributed by atoms with Gasteiger partial charge in [0.1, 0.15) is 11.5 Å². The van der Waals surface area contributed by atoms with Crippen molar-refractivity contribution >= 4 is 23.2 Å². The van der Waals surface area contributed by atoms with Crippen LogP contribution in [0.3, 0.4) is 0 Å². The van der Waals surface area contributed by atoms with Crippen LogP contribution in [0.5, 0.6) is 5.75 Å². The number of allylic oxidation sites excluding steroid dienone is 1. The van der Waals surface area contributed by atoms with Gasteiger partial charge in [0.2, 0.25) is 5.91 Å². The third-order valence-electron chi connectivity index (χ3n) is 7.60. The van der Waals surface area contributed by atoms with Gasteiger partial charge >= 0.3 is 0 Å². The van der Waals surface area contributed by atoms with Gasteiger partial charge in [0.15, 0.2) is 11.6 Å². The molecule has 198 valence electrons. The number of rotatable bonds is 10. The molecule has 0 spiro atoms. The van der Waals surface area contributed by atoms with Crippen LogP contribution in [-0.2, 0) is 33.9 Å². The quantitative estimate of drug-likeness (QED) is 0.258. The number of hydrogen-bond donors (Lipinski definition) is 6. The summed E-state index contributed by atoms with van der Waals surface area (Å²) < 4.78 is 0. The number of carbonyl (C=O) groups is 3. The smallest absolute Gasteiger partial charge is 0.224 e. The second-order valence-electron chi connectivity index (χ2n) is 10.1. The van der Waals surface area contributed by atoms with Crippen LogP contribution < -0.4 is 11.1 Å². The van der Waals surface area contributed by atoms with Crippen molar-refractivity contribution in [1.29, 1.82) is 0 Å². The summed E-state index contributed by atoms with van der Waals surface area (Å²) in [6.07, 6.45) is 1.96. The van der Waals surface area contributed by atoms with E-state index in [0.29, 0.717) is 25.9 Å². The topological polar surface area (TPSA) is 169 Å². The Balaban J connectivity index is 1.73. The molecule has 37 heavy (non-hydrogen) atoms. The number of phenolic OH excluding ortho intramolecular Hbond substituents is 1. The molecule has 10 nitrogen and oxygen atoms in total. The minimum atomic E-state index is -1.23. The zero-order chi connectivity index (χ0) is 26.9. The molecule has 4 rings (SSSR count). The lowest BCUT2D eigenvalue weighted by Crippen LogP contribution is -2.51. The van der Waals surface area contributed by atoms with Gasteiger partial charge in [-0.2, -0.15) is 0 Å². The van der Waals surface area contributed by atoms with Crippen molar-refractivity contribution in [2.75, 3.05) is 20.7 Å². The van der Waals surface area contributed by atoms with E-state index in [1.165, 1.54) is 6.07 Å². The van der Waals surface area contributed by atoms with Crippen molar-refractivity contribution < 1.29 is 29.7 Å². The Labute approximate surface area is 215 Å². The molecule has 1 aromatic carbocycles. The first-order valence-corrected chi connectivity index (χ1v) is 12.4. The lowest BCUT2D eigenvalue weighted by atomic mass is 9.62. The number of aliphatic hydroxyl groups excluding tert-OH is 2. The van der Waals surface area contributed by atoms with Crippen LogP contribution in [0.25, 0.3) is 5.76 Å². The summed E-state index contributed by atoms with van der Waals surface area (Å²) in [4.78, 5) is 43.2. The highest BCUT2D eigenvalue weighted by Crippen LogP contribution is 2.48. The zero-order valence-corrected chi connectivity index (χ0v) is 21.0. The Morgan fingerprint density at radius 3 is 2.59 bits per heavy atom. The number of nitrogens with zero attached hydrogens (tertiary/aromatic N) is 1. The Hall–Kier alpha value is -3.47. The van der Waals surface area contributed by atoms with Gasteiger partial charge in [-0.3, -0.25) is 14.4 Å². The normalized spacial score (nSPS) is 22.1. The van der Waals surface area contributed by atoms with Crippen molar-refractivity contribution in [2.45, 2.75) is 38.4 Å². The first kappa shape index (κ1) is 26.6. The predicted octanol–water partition coefficient (Wildman–Crippen LogP) is 1.02. The Morgan fingerprint density at radius 1 is 1.22 bits per heavy atom. The second-order valence-corrected chi connectivity index (χ2v) is 10.1. The number of aromatic nitrogens is 1. The number of nitrogens with two attached hydrogens (primary N) is 1. The number of H-pyrrole nitrogens is 1. The van der Waals surface area contributed by atoms with Crippen molar-refractivity contribution in [3.05, 3.63) is 58.4 Å². The summed E-state index contributed by atoms with van der Waals surface area (Å²) in [5, 5.41) is 35.4. The third kappa shape index (κ3) is 5.18. The molecule has 1 saturated carbocycles.